The van der Waals surface area contributed by atoms with Crippen LogP contribution < -0.4 is 5.32 Å². The zero-order chi connectivity index (χ0) is 16.8. The minimum absolute atomic E-state index is 0.0123. The summed E-state index contributed by atoms with van der Waals surface area (Å²) < 4.78 is 0. The molecule has 2 aliphatic heterocycles. The smallest absolute Gasteiger partial charge is 0.0678 e. The minimum atomic E-state index is -0.401. The predicted molar refractivity (Wildman–Crippen MR) is 89.2 cm³/mol. The fraction of sp³-hybridized carbons (Fsp3) is 0.824. The molecule has 0 unspecified atom stereocenters. The Hall–Kier alpha value is -0.950. The molecule has 4 atom stereocenters. The largest absolute Gasteiger partial charge is 0.396 e. The van der Waals surface area contributed by atoms with E-state index in [0.717, 1.165) is 24.5 Å². The Labute approximate surface area is 138 Å². The molecule has 2 fully saturated rings. The molecular weight excluding hydrogens is 292 g/mol. The van der Waals surface area contributed by atoms with Crippen molar-refractivity contribution < 1.29 is 10.2 Å². The fourth-order valence-corrected chi connectivity index (χ4v) is 4.37. The summed E-state index contributed by atoms with van der Waals surface area (Å²) in [6.45, 7) is 8.57. The van der Waals surface area contributed by atoms with E-state index in [1.807, 2.05) is 0 Å². The van der Waals surface area contributed by atoms with E-state index < -0.39 is 5.54 Å². The third kappa shape index (κ3) is 2.82. The summed E-state index contributed by atoms with van der Waals surface area (Å²) in [7, 11) is 2.13. The summed E-state index contributed by atoms with van der Waals surface area (Å²) in [5.41, 5.74) is 1.76. The monoisotopic (exact) mass is 322 g/mol. The van der Waals surface area contributed by atoms with E-state index in [-0.39, 0.29) is 24.7 Å². The van der Waals surface area contributed by atoms with Gasteiger partial charge in [-0.05, 0) is 31.4 Å². The van der Waals surface area contributed by atoms with Crippen molar-refractivity contribution in [1.29, 1.82) is 0 Å². The maximum atomic E-state index is 10.1. The summed E-state index contributed by atoms with van der Waals surface area (Å²) >= 11 is 0. The van der Waals surface area contributed by atoms with Gasteiger partial charge in [0.15, 0.2) is 0 Å². The lowest BCUT2D eigenvalue weighted by atomic mass is 9.79. The van der Waals surface area contributed by atoms with Crippen molar-refractivity contribution in [2.45, 2.75) is 44.2 Å². The molecule has 130 valence electrons. The zero-order valence-electron chi connectivity index (χ0n) is 14.6. The maximum absolute atomic E-state index is 10.1. The van der Waals surface area contributed by atoms with Crippen LogP contribution in [0.4, 0.5) is 0 Å². The minimum Gasteiger partial charge on any atom is -0.396 e. The summed E-state index contributed by atoms with van der Waals surface area (Å²) in [4.78, 5) is 2.33. The van der Waals surface area contributed by atoms with Crippen molar-refractivity contribution >= 4 is 0 Å². The molecule has 0 bridgehead atoms. The average molecular weight is 322 g/mol. The van der Waals surface area contributed by atoms with Gasteiger partial charge in [0, 0.05) is 30.7 Å². The number of H-pyrrole nitrogens is 1. The van der Waals surface area contributed by atoms with Crippen LogP contribution in [-0.2, 0) is 5.41 Å². The normalized spacial score (nSPS) is 35.0. The molecule has 0 spiro atoms. The Morgan fingerprint density at radius 2 is 2.09 bits per heavy atom. The third-order valence-electron chi connectivity index (χ3n) is 5.67. The van der Waals surface area contributed by atoms with E-state index >= 15 is 0 Å². The lowest BCUT2D eigenvalue weighted by molar-refractivity contribution is 0.0992. The van der Waals surface area contributed by atoms with E-state index in [1.54, 1.807) is 0 Å². The van der Waals surface area contributed by atoms with Gasteiger partial charge < -0.3 is 20.4 Å². The van der Waals surface area contributed by atoms with Crippen LogP contribution in [0.1, 0.15) is 44.6 Å². The van der Waals surface area contributed by atoms with Crippen molar-refractivity contribution in [2.24, 2.45) is 11.8 Å². The second-order valence-electron chi connectivity index (χ2n) is 8.36. The Bertz CT molecular complexity index is 553. The molecule has 2 aliphatic rings. The molecule has 0 radical (unpaired) electrons. The van der Waals surface area contributed by atoms with Gasteiger partial charge >= 0.3 is 0 Å². The number of rotatable bonds is 4. The number of nitrogens with one attached hydrogen (secondary N) is 2. The number of aliphatic hydroxyl groups excluding tert-OH is 2. The Kier molecular flexibility index (Phi) is 4.29. The molecular formula is C17H30N4O2. The number of nitrogens with zero attached hydrogens (tertiary/aromatic N) is 2. The first-order chi connectivity index (χ1) is 10.8. The van der Waals surface area contributed by atoms with Crippen LogP contribution in [0.25, 0.3) is 0 Å². The van der Waals surface area contributed by atoms with E-state index in [0.29, 0.717) is 18.3 Å². The predicted octanol–water partition coefficient (Wildman–Crippen LogP) is 0.643. The number of likely N-dealkylation sites (tertiary alicyclic amines) is 1. The van der Waals surface area contributed by atoms with E-state index in [2.05, 4.69) is 54.3 Å². The molecule has 0 aromatic carbocycles. The van der Waals surface area contributed by atoms with Crippen molar-refractivity contribution in [3.8, 4) is 0 Å². The van der Waals surface area contributed by atoms with Crippen molar-refractivity contribution in [1.82, 2.24) is 20.4 Å². The van der Waals surface area contributed by atoms with Crippen LogP contribution >= 0.6 is 0 Å². The summed E-state index contributed by atoms with van der Waals surface area (Å²) in [6.07, 6.45) is 0.579. The van der Waals surface area contributed by atoms with Gasteiger partial charge in [-0.1, -0.05) is 20.8 Å². The Morgan fingerprint density at radius 3 is 2.65 bits per heavy atom. The first kappa shape index (κ1) is 16.9. The van der Waals surface area contributed by atoms with E-state index in [1.165, 1.54) is 0 Å². The number of hydrogen-bond donors (Lipinski definition) is 4. The van der Waals surface area contributed by atoms with Crippen LogP contribution in [0.5, 0.6) is 0 Å². The van der Waals surface area contributed by atoms with E-state index in [4.69, 9.17) is 0 Å². The maximum Gasteiger partial charge on any atom is 0.0678 e. The quantitative estimate of drug-likeness (QED) is 0.654. The summed E-state index contributed by atoms with van der Waals surface area (Å²) in [5, 5.41) is 30.9. The van der Waals surface area contributed by atoms with Gasteiger partial charge in [0.25, 0.3) is 0 Å². The van der Waals surface area contributed by atoms with Crippen LogP contribution in [-0.4, -0.2) is 64.2 Å². The summed E-state index contributed by atoms with van der Waals surface area (Å²) in [6, 6.07) is 2.30. The molecule has 1 aromatic heterocycles. The average Bonchev–Trinajstić information content (AvgIpc) is 3.14. The molecule has 6 nitrogen and oxygen atoms in total. The van der Waals surface area contributed by atoms with Crippen molar-refractivity contribution in [3.05, 3.63) is 17.5 Å². The van der Waals surface area contributed by atoms with Gasteiger partial charge in [0.1, 0.15) is 0 Å². The molecule has 2 saturated heterocycles. The first-order valence-corrected chi connectivity index (χ1v) is 8.54. The Morgan fingerprint density at radius 1 is 1.35 bits per heavy atom. The third-order valence-corrected chi connectivity index (χ3v) is 5.67. The molecule has 23 heavy (non-hydrogen) atoms. The zero-order valence-corrected chi connectivity index (χ0v) is 14.6. The van der Waals surface area contributed by atoms with Gasteiger partial charge in [0.05, 0.1) is 24.0 Å². The van der Waals surface area contributed by atoms with Crippen LogP contribution in [0, 0.1) is 11.8 Å². The SMILES string of the molecule is CN1C[C@H]2[C@@H](c3cc(C(C)(C)C)n[nH]3)N[C@](CO)(CCO)[C@H]2C1. The second kappa shape index (κ2) is 5.84. The highest BCUT2D eigenvalue weighted by molar-refractivity contribution is 5.24. The van der Waals surface area contributed by atoms with Crippen molar-refractivity contribution in [3.63, 3.8) is 0 Å². The van der Waals surface area contributed by atoms with Crippen LogP contribution in [0.15, 0.2) is 6.07 Å². The lowest BCUT2D eigenvalue weighted by Crippen LogP contribution is -2.51. The van der Waals surface area contributed by atoms with Gasteiger partial charge in [-0.2, -0.15) is 5.10 Å². The van der Waals surface area contributed by atoms with E-state index in [9.17, 15) is 10.2 Å². The van der Waals surface area contributed by atoms with Crippen molar-refractivity contribution in [2.75, 3.05) is 33.4 Å². The van der Waals surface area contributed by atoms with Crippen LogP contribution in [0.3, 0.4) is 0 Å². The second-order valence-corrected chi connectivity index (χ2v) is 8.36. The molecule has 6 heteroatoms. The van der Waals surface area contributed by atoms with Gasteiger partial charge in [-0.3, -0.25) is 5.10 Å². The summed E-state index contributed by atoms with van der Waals surface area (Å²) in [5.74, 6) is 0.767. The highest BCUT2D eigenvalue weighted by Gasteiger charge is 2.56. The first-order valence-electron chi connectivity index (χ1n) is 8.54. The molecule has 0 aliphatic carbocycles. The Balaban J connectivity index is 1.92. The highest BCUT2D eigenvalue weighted by Crippen LogP contribution is 2.47. The molecule has 3 rings (SSSR count). The lowest BCUT2D eigenvalue weighted by Gasteiger charge is -2.33. The molecule has 0 saturated carbocycles. The molecule has 0 amide bonds. The number of aliphatic hydroxyl groups is 2. The number of fused-ring (bicyclic) bond motifs is 1. The highest BCUT2D eigenvalue weighted by atomic mass is 16.3. The number of aromatic nitrogens is 2. The molecule has 4 N–H and O–H groups in total. The number of hydrogen-bond acceptors (Lipinski definition) is 5. The van der Waals surface area contributed by atoms with Gasteiger partial charge in [0.2, 0.25) is 0 Å². The molecule has 1 aromatic rings. The van der Waals surface area contributed by atoms with Gasteiger partial charge in [-0.15, -0.1) is 0 Å². The molecule has 3 heterocycles. The van der Waals surface area contributed by atoms with Gasteiger partial charge in [-0.25, -0.2) is 0 Å². The fourth-order valence-electron chi connectivity index (χ4n) is 4.37. The van der Waals surface area contributed by atoms with Crippen LogP contribution in [0.2, 0.25) is 0 Å². The topological polar surface area (TPSA) is 84.4 Å². The number of aromatic amines is 1. The standard InChI is InChI=1S/C17H30N4O2/c1-16(2,3)14-7-13(19-20-14)15-11-8-21(4)9-12(11)17(10-23,18-15)5-6-22/h7,11-12,15,18,22-23H,5-6,8-10H2,1-4H3,(H,19,20)/t11-,12+,15+,17+/m1/s1.